The van der Waals surface area contributed by atoms with Gasteiger partial charge in [0.05, 0.1) is 11.1 Å². The third kappa shape index (κ3) is 4.39. The van der Waals surface area contributed by atoms with Crippen LogP contribution in [0.5, 0.6) is 0 Å². The van der Waals surface area contributed by atoms with Crippen molar-refractivity contribution in [2.75, 3.05) is 19.6 Å². The number of hydrogen-bond acceptors (Lipinski definition) is 3. The van der Waals surface area contributed by atoms with Crippen molar-refractivity contribution >= 4 is 16.8 Å². The number of aryl methyl sites for hydroxylation is 2. The van der Waals surface area contributed by atoms with Gasteiger partial charge in [-0.1, -0.05) is 48.0 Å². The van der Waals surface area contributed by atoms with Gasteiger partial charge in [-0.05, 0) is 64.8 Å². The van der Waals surface area contributed by atoms with Crippen LogP contribution in [0.2, 0.25) is 0 Å². The van der Waals surface area contributed by atoms with Crippen molar-refractivity contribution in [3.05, 3.63) is 65.4 Å². The molecular formula is C26H31N3O. The number of aromatic nitrogens is 1. The number of hydrogen-bond donors (Lipinski definition) is 1. The molecule has 1 fully saturated rings. The maximum absolute atomic E-state index is 13.1. The Morgan fingerprint density at radius 1 is 1.10 bits per heavy atom. The van der Waals surface area contributed by atoms with Crippen molar-refractivity contribution in [3.8, 4) is 11.1 Å². The zero-order valence-corrected chi connectivity index (χ0v) is 18.2. The van der Waals surface area contributed by atoms with Crippen LogP contribution in [0.15, 0.2) is 48.5 Å². The molecule has 4 rings (SSSR count). The van der Waals surface area contributed by atoms with Crippen LogP contribution in [-0.2, 0) is 0 Å². The number of nitrogens with zero attached hydrogens (tertiary/aromatic N) is 2. The van der Waals surface area contributed by atoms with Crippen LogP contribution in [-0.4, -0.2) is 41.5 Å². The number of likely N-dealkylation sites (tertiary alicyclic amines) is 1. The number of nitrogens with one attached hydrogen (secondary N) is 1. The van der Waals surface area contributed by atoms with E-state index >= 15 is 0 Å². The minimum absolute atomic E-state index is 0.0137. The molecule has 0 radical (unpaired) electrons. The molecule has 156 valence electrons. The number of para-hydroxylation sites is 1. The summed E-state index contributed by atoms with van der Waals surface area (Å²) in [5.74, 6) is -0.0137. The highest BCUT2D eigenvalue weighted by molar-refractivity contribution is 6.09. The van der Waals surface area contributed by atoms with E-state index < -0.39 is 0 Å². The standard InChI is InChI=1S/C26H31N3O/c1-18-9-11-21(12-10-18)22-7-6-8-23-24(17-19(2)28-25(22)23)26(30)27-14-13-20(3)29-15-4-5-16-29/h6-12,17,20H,4-5,13-16H2,1-3H3,(H,27,30). The summed E-state index contributed by atoms with van der Waals surface area (Å²) in [5.41, 5.74) is 5.87. The fourth-order valence-corrected chi connectivity index (χ4v) is 4.39. The maximum Gasteiger partial charge on any atom is 0.252 e. The Labute approximate surface area is 179 Å². The molecule has 2 aromatic carbocycles. The number of rotatable bonds is 6. The first kappa shape index (κ1) is 20.5. The summed E-state index contributed by atoms with van der Waals surface area (Å²) in [6.07, 6.45) is 3.56. The van der Waals surface area contributed by atoms with Gasteiger partial charge in [0.1, 0.15) is 0 Å². The molecule has 0 spiro atoms. The summed E-state index contributed by atoms with van der Waals surface area (Å²) in [5, 5.41) is 4.05. The molecule has 30 heavy (non-hydrogen) atoms. The van der Waals surface area contributed by atoms with E-state index in [1.165, 1.54) is 31.5 Å². The van der Waals surface area contributed by atoms with E-state index in [-0.39, 0.29) is 5.91 Å². The maximum atomic E-state index is 13.1. The predicted octanol–water partition coefficient (Wildman–Crippen LogP) is 5.12. The van der Waals surface area contributed by atoms with Crippen LogP contribution in [0.1, 0.15) is 47.8 Å². The fourth-order valence-electron chi connectivity index (χ4n) is 4.39. The average molecular weight is 402 g/mol. The van der Waals surface area contributed by atoms with Gasteiger partial charge in [-0.2, -0.15) is 0 Å². The van der Waals surface area contributed by atoms with E-state index in [0.717, 1.165) is 34.1 Å². The second kappa shape index (κ2) is 8.97. The molecule has 4 nitrogen and oxygen atoms in total. The lowest BCUT2D eigenvalue weighted by molar-refractivity contribution is 0.0951. The SMILES string of the molecule is Cc1ccc(-c2cccc3c(C(=O)NCCC(C)N4CCCC4)cc(C)nc23)cc1. The van der Waals surface area contributed by atoms with Gasteiger partial charge < -0.3 is 10.2 Å². The van der Waals surface area contributed by atoms with E-state index in [1.807, 2.05) is 25.1 Å². The molecule has 0 bridgehead atoms. The molecule has 3 aromatic rings. The van der Waals surface area contributed by atoms with Gasteiger partial charge in [-0.15, -0.1) is 0 Å². The van der Waals surface area contributed by atoms with E-state index in [0.29, 0.717) is 18.2 Å². The largest absolute Gasteiger partial charge is 0.352 e. The van der Waals surface area contributed by atoms with E-state index in [2.05, 4.69) is 54.4 Å². The summed E-state index contributed by atoms with van der Waals surface area (Å²) in [4.78, 5) is 20.4. The highest BCUT2D eigenvalue weighted by Crippen LogP contribution is 2.30. The minimum atomic E-state index is -0.0137. The van der Waals surface area contributed by atoms with Gasteiger partial charge in [0.2, 0.25) is 0 Å². The summed E-state index contributed by atoms with van der Waals surface area (Å²) in [7, 11) is 0. The first-order chi connectivity index (χ1) is 14.5. The van der Waals surface area contributed by atoms with Crippen molar-refractivity contribution in [1.29, 1.82) is 0 Å². The summed E-state index contributed by atoms with van der Waals surface area (Å²) >= 11 is 0. The minimum Gasteiger partial charge on any atom is -0.352 e. The molecule has 1 atom stereocenters. The Morgan fingerprint density at radius 3 is 2.57 bits per heavy atom. The van der Waals surface area contributed by atoms with Crippen LogP contribution < -0.4 is 5.32 Å². The van der Waals surface area contributed by atoms with Gasteiger partial charge in [0, 0.05) is 29.2 Å². The first-order valence-corrected chi connectivity index (χ1v) is 11.0. The van der Waals surface area contributed by atoms with E-state index in [9.17, 15) is 4.79 Å². The van der Waals surface area contributed by atoms with Crippen LogP contribution in [0.25, 0.3) is 22.0 Å². The Kier molecular flexibility index (Phi) is 6.14. The second-order valence-electron chi connectivity index (χ2n) is 8.52. The van der Waals surface area contributed by atoms with Crippen molar-refractivity contribution in [2.45, 2.75) is 46.1 Å². The number of carbonyl (C=O) groups excluding carboxylic acids is 1. The number of carbonyl (C=O) groups is 1. The lowest BCUT2D eigenvalue weighted by Crippen LogP contribution is -2.34. The number of amides is 1. The highest BCUT2D eigenvalue weighted by atomic mass is 16.1. The van der Waals surface area contributed by atoms with Gasteiger partial charge in [-0.25, -0.2) is 0 Å². The number of fused-ring (bicyclic) bond motifs is 1. The van der Waals surface area contributed by atoms with Crippen molar-refractivity contribution in [1.82, 2.24) is 15.2 Å². The number of pyridine rings is 1. The molecule has 0 saturated carbocycles. The van der Waals surface area contributed by atoms with Gasteiger partial charge >= 0.3 is 0 Å². The first-order valence-electron chi connectivity index (χ1n) is 11.0. The number of benzene rings is 2. The van der Waals surface area contributed by atoms with E-state index in [1.54, 1.807) is 0 Å². The van der Waals surface area contributed by atoms with Crippen molar-refractivity contribution in [3.63, 3.8) is 0 Å². The monoisotopic (exact) mass is 401 g/mol. The molecule has 1 aliphatic heterocycles. The smallest absolute Gasteiger partial charge is 0.252 e. The molecule has 2 heterocycles. The van der Waals surface area contributed by atoms with Crippen molar-refractivity contribution < 1.29 is 4.79 Å². The molecule has 1 saturated heterocycles. The average Bonchev–Trinajstić information content (AvgIpc) is 3.28. The second-order valence-corrected chi connectivity index (χ2v) is 8.52. The summed E-state index contributed by atoms with van der Waals surface area (Å²) in [6, 6.07) is 17.0. The zero-order chi connectivity index (χ0) is 21.1. The molecule has 1 aromatic heterocycles. The highest BCUT2D eigenvalue weighted by Gasteiger charge is 2.19. The molecule has 1 N–H and O–H groups in total. The lowest BCUT2D eigenvalue weighted by Gasteiger charge is -2.23. The van der Waals surface area contributed by atoms with Crippen molar-refractivity contribution in [2.24, 2.45) is 0 Å². The Balaban J connectivity index is 1.57. The molecule has 1 amide bonds. The van der Waals surface area contributed by atoms with Gasteiger partial charge in [0.15, 0.2) is 0 Å². The topological polar surface area (TPSA) is 45.2 Å². The van der Waals surface area contributed by atoms with Crippen LogP contribution in [0.3, 0.4) is 0 Å². The third-order valence-corrected chi connectivity index (χ3v) is 6.19. The molecule has 1 unspecified atom stereocenters. The summed E-state index contributed by atoms with van der Waals surface area (Å²) < 4.78 is 0. The van der Waals surface area contributed by atoms with Crippen LogP contribution in [0, 0.1) is 13.8 Å². The molecular weight excluding hydrogens is 370 g/mol. The fraction of sp³-hybridized carbons (Fsp3) is 0.385. The normalized spacial score (nSPS) is 15.4. The van der Waals surface area contributed by atoms with Gasteiger partial charge in [-0.3, -0.25) is 9.78 Å². The Bertz CT molecular complexity index is 1040. The van der Waals surface area contributed by atoms with Crippen LogP contribution in [0.4, 0.5) is 0 Å². The zero-order valence-electron chi connectivity index (χ0n) is 18.2. The Hall–Kier alpha value is -2.72. The van der Waals surface area contributed by atoms with Crippen LogP contribution >= 0.6 is 0 Å². The predicted molar refractivity (Wildman–Crippen MR) is 124 cm³/mol. The van der Waals surface area contributed by atoms with Gasteiger partial charge in [0.25, 0.3) is 5.91 Å². The molecule has 1 aliphatic rings. The lowest BCUT2D eigenvalue weighted by atomic mass is 9.98. The third-order valence-electron chi connectivity index (χ3n) is 6.19. The Morgan fingerprint density at radius 2 is 1.83 bits per heavy atom. The quantitative estimate of drug-likeness (QED) is 0.623. The van der Waals surface area contributed by atoms with E-state index in [4.69, 9.17) is 4.98 Å². The molecule has 0 aliphatic carbocycles. The molecule has 4 heteroatoms. The summed E-state index contributed by atoms with van der Waals surface area (Å²) in [6.45, 7) is 9.37.